The summed E-state index contributed by atoms with van der Waals surface area (Å²) in [5.41, 5.74) is 4.45. The van der Waals surface area contributed by atoms with Gasteiger partial charge in [0.1, 0.15) is 11.6 Å². The van der Waals surface area contributed by atoms with Crippen LogP contribution in [0.15, 0.2) is 0 Å². The van der Waals surface area contributed by atoms with Crippen LogP contribution in [0.25, 0.3) is 0 Å². The summed E-state index contributed by atoms with van der Waals surface area (Å²) in [5, 5.41) is 18.4. The summed E-state index contributed by atoms with van der Waals surface area (Å²) in [6.45, 7) is 12.1. The van der Waals surface area contributed by atoms with Crippen LogP contribution in [0.4, 0.5) is 0 Å². The average molecular weight is 599 g/mol. The zero-order valence-electron chi connectivity index (χ0n) is 29.4. The van der Waals surface area contributed by atoms with Crippen molar-refractivity contribution in [3.05, 3.63) is 0 Å². The van der Waals surface area contributed by atoms with E-state index >= 15 is 0 Å². The number of carbonyl (C=O) groups is 2. The van der Waals surface area contributed by atoms with Crippen molar-refractivity contribution in [2.75, 3.05) is 14.1 Å². The molecule has 0 aliphatic heterocycles. The maximum Gasteiger partial charge on any atom is 0.323 e. The summed E-state index contributed by atoms with van der Waals surface area (Å²) in [6, 6.07) is -0.344. The molecule has 0 fully saturated rings. The van der Waals surface area contributed by atoms with Gasteiger partial charge >= 0.3 is 11.9 Å². The van der Waals surface area contributed by atoms with Gasteiger partial charge in [-0.1, -0.05) is 163 Å². The van der Waals surface area contributed by atoms with E-state index in [0.29, 0.717) is 0 Å². The summed E-state index contributed by atoms with van der Waals surface area (Å²) in [7, 11) is 3.71. The molecule has 6 nitrogen and oxygen atoms in total. The van der Waals surface area contributed by atoms with Crippen LogP contribution in [0.3, 0.4) is 0 Å². The molecule has 0 aromatic rings. The van der Waals surface area contributed by atoms with Gasteiger partial charge in [0.2, 0.25) is 0 Å². The number of rotatable bonds is 27. The Hall–Kier alpha value is -1.14. The molecule has 3 atom stereocenters. The fourth-order valence-corrected chi connectivity index (χ4v) is 5.69. The first-order valence-electron chi connectivity index (χ1n) is 17.7. The van der Waals surface area contributed by atoms with Crippen LogP contribution < -0.4 is 5.73 Å². The molecule has 0 spiro atoms. The van der Waals surface area contributed by atoms with Crippen molar-refractivity contribution in [1.29, 1.82) is 0 Å². The molecule has 0 radical (unpaired) electrons. The SMILES string of the molecule is CCCCCCCCCCCCC(C)(C)C(C)(N)C(=O)O.CCCCCCCCCCCCC(C)C(C(=O)O)N(C)C. The highest BCUT2D eigenvalue weighted by molar-refractivity contribution is 5.79. The van der Waals surface area contributed by atoms with E-state index in [0.717, 1.165) is 25.7 Å². The molecule has 0 aliphatic carbocycles. The molecule has 0 saturated heterocycles. The summed E-state index contributed by atoms with van der Waals surface area (Å²) in [6.07, 6.45) is 28.2. The summed E-state index contributed by atoms with van der Waals surface area (Å²) in [4.78, 5) is 24.3. The molecule has 0 amide bonds. The second kappa shape index (κ2) is 26.3. The molecule has 6 heteroatoms. The number of hydrogen-bond acceptors (Lipinski definition) is 4. The Balaban J connectivity index is 0. The third-order valence-corrected chi connectivity index (χ3v) is 9.37. The Bertz CT molecular complexity index is 648. The van der Waals surface area contributed by atoms with Crippen LogP contribution in [0.5, 0.6) is 0 Å². The Labute approximate surface area is 262 Å². The number of nitrogens with two attached hydrogens (primary N) is 1. The first-order valence-corrected chi connectivity index (χ1v) is 17.7. The van der Waals surface area contributed by atoms with Gasteiger partial charge in [-0.15, -0.1) is 0 Å². The minimum atomic E-state index is -1.15. The topological polar surface area (TPSA) is 104 Å². The number of carboxylic acid groups (broad SMARTS) is 2. The van der Waals surface area contributed by atoms with Crippen LogP contribution in [0.2, 0.25) is 0 Å². The van der Waals surface area contributed by atoms with E-state index in [2.05, 4.69) is 20.8 Å². The highest BCUT2D eigenvalue weighted by Crippen LogP contribution is 2.34. The number of likely N-dealkylation sites (N-methyl/N-ethyl adjacent to an activating group) is 1. The number of carboxylic acids is 2. The predicted molar refractivity (Wildman–Crippen MR) is 181 cm³/mol. The third kappa shape index (κ3) is 21.5. The van der Waals surface area contributed by atoms with Crippen molar-refractivity contribution in [2.24, 2.45) is 17.1 Å². The highest BCUT2D eigenvalue weighted by atomic mass is 16.4. The first-order chi connectivity index (χ1) is 19.8. The number of unbranched alkanes of at least 4 members (excludes halogenated alkanes) is 18. The Morgan fingerprint density at radius 2 is 0.976 bits per heavy atom. The zero-order valence-corrected chi connectivity index (χ0v) is 29.4. The molecule has 0 saturated carbocycles. The van der Waals surface area contributed by atoms with E-state index in [-0.39, 0.29) is 17.4 Å². The van der Waals surface area contributed by atoms with Crippen LogP contribution in [0.1, 0.15) is 183 Å². The molecule has 0 heterocycles. The lowest BCUT2D eigenvalue weighted by Crippen LogP contribution is -2.56. The average Bonchev–Trinajstić information content (AvgIpc) is 2.90. The Morgan fingerprint density at radius 3 is 1.29 bits per heavy atom. The van der Waals surface area contributed by atoms with Gasteiger partial charge in [-0.05, 0) is 45.2 Å². The third-order valence-electron chi connectivity index (χ3n) is 9.37. The molecule has 4 N–H and O–H groups in total. The smallest absolute Gasteiger partial charge is 0.323 e. The second-order valence-corrected chi connectivity index (χ2v) is 14.0. The van der Waals surface area contributed by atoms with E-state index in [1.165, 1.54) is 116 Å². The van der Waals surface area contributed by atoms with E-state index in [1.807, 2.05) is 32.8 Å². The Morgan fingerprint density at radius 1 is 0.643 bits per heavy atom. The summed E-state index contributed by atoms with van der Waals surface area (Å²) in [5.74, 6) is -1.37. The fourth-order valence-electron chi connectivity index (χ4n) is 5.69. The van der Waals surface area contributed by atoms with Crippen LogP contribution in [-0.2, 0) is 9.59 Å². The van der Waals surface area contributed by atoms with Gasteiger partial charge in [-0.2, -0.15) is 0 Å². The lowest BCUT2D eigenvalue weighted by Gasteiger charge is -2.38. The van der Waals surface area contributed by atoms with Crippen molar-refractivity contribution >= 4 is 11.9 Å². The van der Waals surface area contributed by atoms with Crippen molar-refractivity contribution in [3.8, 4) is 0 Å². The van der Waals surface area contributed by atoms with Crippen molar-refractivity contribution in [1.82, 2.24) is 4.90 Å². The van der Waals surface area contributed by atoms with Gasteiger partial charge in [-0.25, -0.2) is 0 Å². The molecule has 0 aromatic carbocycles. The molecule has 0 bridgehead atoms. The normalized spacial score (nSPS) is 14.6. The standard InChI is InChI=1S/2C18H37NO2/c1-5-6-7-8-9-10-11-12-13-14-15-17(2,3)18(4,19)16(20)21;1-5-6-7-8-9-10-11-12-13-14-15-16(2)17(18(20)21)19(3)4/h5-15,19H2,1-4H3,(H,20,21);16-17H,5-15H2,1-4H3,(H,20,21). The number of nitrogens with zero attached hydrogens (tertiary/aromatic N) is 1. The van der Waals surface area contributed by atoms with E-state index in [1.54, 1.807) is 6.92 Å². The van der Waals surface area contributed by atoms with Crippen LogP contribution >= 0.6 is 0 Å². The zero-order chi connectivity index (χ0) is 32.4. The second-order valence-electron chi connectivity index (χ2n) is 14.0. The number of aliphatic carboxylic acids is 2. The first kappa shape index (κ1) is 43.0. The predicted octanol–water partition coefficient (Wildman–Crippen LogP) is 10.1. The fraction of sp³-hybridized carbons (Fsp3) is 0.944. The minimum Gasteiger partial charge on any atom is -0.480 e. The molecular weight excluding hydrogens is 524 g/mol. The van der Waals surface area contributed by atoms with Gasteiger partial charge in [0.15, 0.2) is 0 Å². The van der Waals surface area contributed by atoms with Crippen molar-refractivity contribution in [2.45, 2.75) is 194 Å². The maximum absolute atomic E-state index is 11.2. The van der Waals surface area contributed by atoms with Crippen LogP contribution in [-0.4, -0.2) is 52.7 Å². The molecular formula is C36H74N2O4. The largest absolute Gasteiger partial charge is 0.480 e. The lowest BCUT2D eigenvalue weighted by molar-refractivity contribution is -0.147. The molecule has 0 rings (SSSR count). The molecule has 252 valence electrons. The molecule has 0 aromatic heterocycles. The van der Waals surface area contributed by atoms with Gasteiger partial charge in [0, 0.05) is 0 Å². The van der Waals surface area contributed by atoms with E-state index in [4.69, 9.17) is 5.73 Å². The maximum atomic E-state index is 11.2. The Kier molecular flexibility index (Phi) is 26.9. The molecule has 42 heavy (non-hydrogen) atoms. The summed E-state index contributed by atoms with van der Waals surface area (Å²) >= 11 is 0. The lowest BCUT2D eigenvalue weighted by atomic mass is 9.70. The van der Waals surface area contributed by atoms with E-state index in [9.17, 15) is 19.8 Å². The van der Waals surface area contributed by atoms with Gasteiger partial charge in [0.25, 0.3) is 0 Å². The van der Waals surface area contributed by atoms with Crippen molar-refractivity contribution in [3.63, 3.8) is 0 Å². The molecule has 0 aliphatic rings. The minimum absolute atomic E-state index is 0.228. The highest BCUT2D eigenvalue weighted by Gasteiger charge is 2.43. The van der Waals surface area contributed by atoms with Crippen LogP contribution in [0, 0.1) is 11.3 Å². The van der Waals surface area contributed by atoms with Gasteiger partial charge < -0.3 is 15.9 Å². The van der Waals surface area contributed by atoms with Crippen molar-refractivity contribution < 1.29 is 19.8 Å². The van der Waals surface area contributed by atoms with E-state index < -0.39 is 17.5 Å². The monoisotopic (exact) mass is 599 g/mol. The van der Waals surface area contributed by atoms with Gasteiger partial charge in [0.05, 0.1) is 0 Å². The number of hydrogen-bond donors (Lipinski definition) is 3. The quantitative estimate of drug-likeness (QED) is 0.0813. The molecule has 3 unspecified atom stereocenters. The van der Waals surface area contributed by atoms with Gasteiger partial charge in [-0.3, -0.25) is 14.5 Å². The summed E-state index contributed by atoms with van der Waals surface area (Å²) < 4.78 is 0.